The molecule has 0 spiro atoms. The van der Waals surface area contributed by atoms with Gasteiger partial charge in [0.2, 0.25) is 0 Å². The molecule has 1 N–H and O–H groups in total. The maximum atomic E-state index is 13.0. The predicted molar refractivity (Wildman–Crippen MR) is 99.6 cm³/mol. The zero-order chi connectivity index (χ0) is 21.5. The van der Waals surface area contributed by atoms with Crippen molar-refractivity contribution >= 4 is 5.91 Å². The zero-order valence-electron chi connectivity index (χ0n) is 15.8. The van der Waals surface area contributed by atoms with Crippen LogP contribution in [-0.4, -0.2) is 48.6 Å². The molecule has 0 bridgehead atoms. The molecule has 3 aromatic heterocycles. The van der Waals surface area contributed by atoms with E-state index in [0.29, 0.717) is 29.2 Å². The van der Waals surface area contributed by atoms with E-state index in [1.807, 2.05) is 0 Å². The first-order chi connectivity index (χ1) is 14.2. The summed E-state index contributed by atoms with van der Waals surface area (Å²) in [6.45, 7) is 0.546. The topological polar surface area (TPSA) is 96.8 Å². The number of aryl methyl sites for hydroxylation is 1. The van der Waals surface area contributed by atoms with Gasteiger partial charge in [-0.25, -0.2) is 4.98 Å². The highest BCUT2D eigenvalue weighted by atomic mass is 19.4. The maximum absolute atomic E-state index is 13.0. The second-order valence-corrected chi connectivity index (χ2v) is 7.02. The lowest BCUT2D eigenvalue weighted by atomic mass is 10.1. The molecule has 1 fully saturated rings. The van der Waals surface area contributed by atoms with Gasteiger partial charge in [0.1, 0.15) is 11.5 Å². The molecular formula is C19H17F3N6O2. The van der Waals surface area contributed by atoms with Crippen molar-refractivity contribution in [1.29, 1.82) is 0 Å². The van der Waals surface area contributed by atoms with Crippen LogP contribution >= 0.6 is 0 Å². The van der Waals surface area contributed by atoms with Crippen molar-refractivity contribution in [1.82, 2.24) is 29.6 Å². The first kappa shape index (κ1) is 19.8. The molecule has 0 aromatic carbocycles. The number of amides is 1. The minimum atomic E-state index is -4.59. The van der Waals surface area contributed by atoms with E-state index < -0.39 is 17.8 Å². The molecule has 1 unspecified atom stereocenters. The van der Waals surface area contributed by atoms with Crippen LogP contribution in [0.25, 0.3) is 11.3 Å². The van der Waals surface area contributed by atoms with Crippen LogP contribution < -0.4 is 5.56 Å². The van der Waals surface area contributed by atoms with Crippen molar-refractivity contribution in [3.8, 4) is 11.3 Å². The Morgan fingerprint density at radius 3 is 2.63 bits per heavy atom. The molecule has 1 atom stereocenters. The zero-order valence-corrected chi connectivity index (χ0v) is 15.8. The average molecular weight is 418 g/mol. The molecule has 1 amide bonds. The molecule has 0 aliphatic carbocycles. The first-order valence-corrected chi connectivity index (χ1v) is 9.14. The second-order valence-electron chi connectivity index (χ2n) is 7.02. The number of pyridine rings is 1. The number of carbonyl (C=O) groups is 1. The van der Waals surface area contributed by atoms with Gasteiger partial charge < -0.3 is 9.88 Å². The van der Waals surface area contributed by atoms with Crippen molar-refractivity contribution in [2.45, 2.75) is 18.5 Å². The number of likely N-dealkylation sites (tertiary alicyclic amines) is 1. The van der Waals surface area contributed by atoms with Crippen LogP contribution in [0.3, 0.4) is 0 Å². The van der Waals surface area contributed by atoms with Crippen LogP contribution in [0, 0.1) is 0 Å². The molecule has 11 heteroatoms. The summed E-state index contributed by atoms with van der Waals surface area (Å²) in [5.74, 6) is -0.396. The van der Waals surface area contributed by atoms with Gasteiger partial charge in [-0.05, 0) is 18.6 Å². The fraction of sp³-hybridized carbons (Fsp3) is 0.316. The quantitative estimate of drug-likeness (QED) is 0.704. The predicted octanol–water partition coefficient (Wildman–Crippen LogP) is 2.21. The van der Waals surface area contributed by atoms with E-state index in [1.165, 1.54) is 11.0 Å². The third-order valence-electron chi connectivity index (χ3n) is 4.99. The highest BCUT2D eigenvalue weighted by Gasteiger charge is 2.37. The minimum absolute atomic E-state index is 0.222. The molecule has 0 radical (unpaired) electrons. The number of H-pyrrole nitrogens is 1. The van der Waals surface area contributed by atoms with Gasteiger partial charge in [0.05, 0.1) is 5.69 Å². The molecule has 3 aromatic rings. The fourth-order valence-corrected chi connectivity index (χ4v) is 3.51. The van der Waals surface area contributed by atoms with Crippen LogP contribution in [0.1, 0.15) is 34.3 Å². The Bertz CT molecular complexity index is 1140. The van der Waals surface area contributed by atoms with Gasteiger partial charge in [0.25, 0.3) is 11.5 Å². The van der Waals surface area contributed by atoms with Crippen molar-refractivity contribution in [2.24, 2.45) is 7.05 Å². The minimum Gasteiger partial charge on any atom is -0.336 e. The molecule has 1 saturated heterocycles. The number of nitrogens with zero attached hydrogens (tertiary/aromatic N) is 5. The number of aromatic amines is 1. The molecule has 156 valence electrons. The molecule has 8 nitrogen and oxygen atoms in total. The molecule has 1 aliphatic heterocycles. The Kier molecular flexibility index (Phi) is 4.88. The van der Waals surface area contributed by atoms with Crippen LogP contribution in [0.5, 0.6) is 0 Å². The number of hydrogen-bond acceptors (Lipinski definition) is 5. The number of alkyl halides is 3. The van der Waals surface area contributed by atoms with Crippen molar-refractivity contribution in [2.75, 3.05) is 13.1 Å². The van der Waals surface area contributed by atoms with Gasteiger partial charge in [-0.15, -0.1) is 0 Å². The standard InChI is InChI=1S/C19H17F3N6O2/c1-27-15(19(20,21)22)8-14(26-27)18(30)28-7-4-12(10-28)17-24-13(9-16(29)25-17)11-2-5-23-6-3-11/h2-3,5-6,8-9,12H,4,7,10H2,1H3,(H,24,25,29). The molecular weight excluding hydrogens is 401 g/mol. The number of rotatable bonds is 3. The molecule has 4 heterocycles. The van der Waals surface area contributed by atoms with Crippen molar-refractivity contribution < 1.29 is 18.0 Å². The number of halogens is 3. The van der Waals surface area contributed by atoms with E-state index in [-0.39, 0.29) is 23.7 Å². The highest BCUT2D eigenvalue weighted by molar-refractivity contribution is 5.92. The van der Waals surface area contributed by atoms with Gasteiger partial charge >= 0.3 is 6.18 Å². The highest BCUT2D eigenvalue weighted by Crippen LogP contribution is 2.31. The maximum Gasteiger partial charge on any atom is 0.433 e. The van der Waals surface area contributed by atoms with Gasteiger partial charge in [-0.2, -0.15) is 18.3 Å². The van der Waals surface area contributed by atoms with Crippen molar-refractivity contribution in [3.05, 3.63) is 64.2 Å². The van der Waals surface area contributed by atoms with Crippen LogP contribution in [-0.2, 0) is 13.2 Å². The summed E-state index contributed by atoms with van der Waals surface area (Å²) >= 11 is 0. The lowest BCUT2D eigenvalue weighted by Crippen LogP contribution is -2.29. The summed E-state index contributed by atoms with van der Waals surface area (Å²) in [6.07, 6.45) is -0.885. The second kappa shape index (κ2) is 7.39. The van der Waals surface area contributed by atoms with Crippen LogP contribution in [0.15, 0.2) is 41.5 Å². The van der Waals surface area contributed by atoms with Gasteiger partial charge in [0.15, 0.2) is 5.69 Å². The monoisotopic (exact) mass is 418 g/mol. The average Bonchev–Trinajstić information content (AvgIpc) is 3.34. The first-order valence-electron chi connectivity index (χ1n) is 9.14. The van der Waals surface area contributed by atoms with E-state index in [1.54, 1.807) is 24.5 Å². The normalized spacial score (nSPS) is 16.8. The molecule has 4 rings (SSSR count). The summed E-state index contributed by atoms with van der Waals surface area (Å²) in [5.41, 5.74) is -0.358. The Labute approximate surface area is 168 Å². The number of hydrogen-bond donors (Lipinski definition) is 1. The number of aromatic nitrogens is 5. The summed E-state index contributed by atoms with van der Waals surface area (Å²) in [6, 6.07) is 5.59. The van der Waals surface area contributed by atoms with Crippen molar-refractivity contribution in [3.63, 3.8) is 0 Å². The smallest absolute Gasteiger partial charge is 0.336 e. The largest absolute Gasteiger partial charge is 0.433 e. The Morgan fingerprint density at radius 2 is 1.97 bits per heavy atom. The van der Waals surface area contributed by atoms with Crippen LogP contribution in [0.4, 0.5) is 13.2 Å². The Hall–Kier alpha value is -3.50. The van der Waals surface area contributed by atoms with E-state index in [9.17, 15) is 22.8 Å². The summed E-state index contributed by atoms with van der Waals surface area (Å²) < 4.78 is 39.6. The van der Waals surface area contributed by atoms with E-state index >= 15 is 0 Å². The third-order valence-corrected chi connectivity index (χ3v) is 4.99. The van der Waals surface area contributed by atoms with Crippen LogP contribution in [0.2, 0.25) is 0 Å². The number of carbonyl (C=O) groups excluding carboxylic acids is 1. The Balaban J connectivity index is 1.55. The van der Waals surface area contributed by atoms with Gasteiger partial charge in [-0.1, -0.05) is 0 Å². The van der Waals surface area contributed by atoms with Gasteiger partial charge in [0, 0.05) is 56.1 Å². The number of nitrogens with one attached hydrogen (secondary N) is 1. The fourth-order valence-electron chi connectivity index (χ4n) is 3.51. The molecule has 30 heavy (non-hydrogen) atoms. The summed E-state index contributed by atoms with van der Waals surface area (Å²) in [5, 5.41) is 3.71. The Morgan fingerprint density at radius 1 is 1.23 bits per heavy atom. The summed E-state index contributed by atoms with van der Waals surface area (Å²) in [4.78, 5) is 37.3. The molecule has 1 aliphatic rings. The molecule has 0 saturated carbocycles. The van der Waals surface area contributed by atoms with E-state index in [2.05, 4.69) is 20.1 Å². The lowest BCUT2D eigenvalue weighted by molar-refractivity contribution is -0.143. The SMILES string of the molecule is Cn1nc(C(=O)N2CCC(c3nc(-c4ccncc4)cc(=O)[nH]3)C2)cc1C(F)(F)F. The van der Waals surface area contributed by atoms with Gasteiger partial charge in [-0.3, -0.25) is 19.3 Å². The lowest BCUT2D eigenvalue weighted by Gasteiger charge is -2.15. The summed E-state index contributed by atoms with van der Waals surface area (Å²) in [7, 11) is 1.14. The van der Waals surface area contributed by atoms with E-state index in [4.69, 9.17) is 0 Å². The van der Waals surface area contributed by atoms with E-state index in [0.717, 1.165) is 18.7 Å². The third kappa shape index (κ3) is 3.82.